The molecule has 7 nitrogen and oxygen atoms in total. The van der Waals surface area contributed by atoms with Gasteiger partial charge in [-0.1, -0.05) is 0 Å². The van der Waals surface area contributed by atoms with E-state index in [4.69, 9.17) is 9.47 Å². The summed E-state index contributed by atoms with van der Waals surface area (Å²) in [6.07, 6.45) is 0.534. The lowest BCUT2D eigenvalue weighted by molar-refractivity contribution is -0.341. The molecule has 0 aromatic carbocycles. The zero-order valence-electron chi connectivity index (χ0n) is 16.7. The van der Waals surface area contributed by atoms with Crippen LogP contribution in [-0.4, -0.2) is 45.6 Å². The van der Waals surface area contributed by atoms with Crippen molar-refractivity contribution in [2.24, 2.45) is 0 Å². The van der Waals surface area contributed by atoms with E-state index in [1.54, 1.807) is 12.4 Å². The van der Waals surface area contributed by atoms with E-state index in [1.165, 1.54) is 0 Å². The second-order valence-corrected chi connectivity index (χ2v) is 9.52. The zero-order valence-corrected chi connectivity index (χ0v) is 16.7. The fraction of sp³-hybridized carbons (Fsp3) is 0.789. The van der Waals surface area contributed by atoms with E-state index in [0.717, 1.165) is 19.3 Å². The molecule has 29 heavy (non-hydrogen) atoms. The van der Waals surface area contributed by atoms with Crippen molar-refractivity contribution in [2.45, 2.75) is 94.5 Å². The number of hydrogen-bond acceptors (Lipinski definition) is 5. The lowest BCUT2D eigenvalue weighted by Crippen LogP contribution is -2.79. The van der Waals surface area contributed by atoms with Crippen LogP contribution in [0.25, 0.3) is 0 Å². The maximum absolute atomic E-state index is 12.3. The minimum Gasteiger partial charge on any atom is -0.487 e. The van der Waals surface area contributed by atoms with Gasteiger partial charge in [-0.3, -0.25) is 9.42 Å². The highest BCUT2D eigenvalue weighted by Crippen LogP contribution is 2.65. The lowest BCUT2D eigenvalue weighted by Gasteiger charge is -2.69. The topological polar surface area (TPSA) is 74.6 Å². The monoisotopic (exact) mass is 417 g/mol. The number of hydrogen-bond donors (Lipinski definition) is 1. The van der Waals surface area contributed by atoms with E-state index >= 15 is 0 Å². The molecule has 0 aliphatic heterocycles. The summed E-state index contributed by atoms with van der Waals surface area (Å²) in [6.45, 7) is 5.47. The van der Waals surface area contributed by atoms with Crippen LogP contribution in [0.1, 0.15) is 59.3 Å². The van der Waals surface area contributed by atoms with Gasteiger partial charge in [0.25, 0.3) is 0 Å². The number of nitrogens with one attached hydrogen (secondary N) is 1. The summed E-state index contributed by atoms with van der Waals surface area (Å²) < 4.78 is 54.0. The maximum Gasteiger partial charge on any atom is 0.522 e. The van der Waals surface area contributed by atoms with Crippen molar-refractivity contribution in [2.75, 3.05) is 0 Å². The first kappa shape index (κ1) is 20.3. The van der Waals surface area contributed by atoms with Crippen LogP contribution >= 0.6 is 0 Å². The summed E-state index contributed by atoms with van der Waals surface area (Å²) in [7, 11) is 0. The van der Waals surface area contributed by atoms with E-state index in [0.29, 0.717) is 18.6 Å². The van der Waals surface area contributed by atoms with E-state index in [2.05, 4.69) is 15.2 Å². The van der Waals surface area contributed by atoms with Crippen molar-refractivity contribution < 1.29 is 32.2 Å². The fourth-order valence-corrected chi connectivity index (χ4v) is 4.75. The van der Waals surface area contributed by atoms with Gasteiger partial charge in [-0.25, -0.2) is 4.79 Å². The highest BCUT2D eigenvalue weighted by atomic mass is 19.4. The summed E-state index contributed by atoms with van der Waals surface area (Å²) in [4.78, 5) is 12.0. The third-order valence-electron chi connectivity index (χ3n) is 5.75. The van der Waals surface area contributed by atoms with Gasteiger partial charge in [0.15, 0.2) is 5.75 Å². The van der Waals surface area contributed by atoms with Crippen molar-refractivity contribution in [3.63, 3.8) is 0 Å². The van der Waals surface area contributed by atoms with Gasteiger partial charge in [0.1, 0.15) is 11.7 Å². The van der Waals surface area contributed by atoms with Crippen molar-refractivity contribution in [3.05, 3.63) is 12.4 Å². The van der Waals surface area contributed by atoms with Crippen molar-refractivity contribution >= 4 is 6.09 Å². The summed E-state index contributed by atoms with van der Waals surface area (Å²) in [6, 6.07) is 0. The van der Waals surface area contributed by atoms with Gasteiger partial charge in [0, 0.05) is 6.42 Å². The van der Waals surface area contributed by atoms with Crippen LogP contribution < -0.4 is 10.1 Å². The Morgan fingerprint density at radius 2 is 1.86 bits per heavy atom. The first-order valence-electron chi connectivity index (χ1n) is 9.83. The number of alkyl carbamates (subject to hydrolysis) is 1. The second-order valence-electron chi connectivity index (χ2n) is 9.52. The number of rotatable bonds is 5. The van der Waals surface area contributed by atoms with Gasteiger partial charge in [0.05, 0.1) is 29.6 Å². The van der Waals surface area contributed by atoms with Gasteiger partial charge >= 0.3 is 12.5 Å². The molecule has 1 N–H and O–H groups in total. The molecule has 4 saturated carbocycles. The molecule has 1 aromatic rings. The first-order valence-corrected chi connectivity index (χ1v) is 9.83. The maximum atomic E-state index is 12.3. The van der Waals surface area contributed by atoms with Gasteiger partial charge < -0.3 is 14.8 Å². The van der Waals surface area contributed by atoms with Crippen LogP contribution in [0.3, 0.4) is 0 Å². The zero-order chi connectivity index (χ0) is 21.1. The summed E-state index contributed by atoms with van der Waals surface area (Å²) >= 11 is 0. The number of carbonyl (C=O) groups excluding carboxylic acids is 1. The molecule has 5 rings (SSSR count). The molecule has 4 aliphatic rings. The molecule has 0 saturated heterocycles. The van der Waals surface area contributed by atoms with E-state index < -0.39 is 24.2 Å². The molecule has 0 spiro atoms. The molecule has 2 atom stereocenters. The summed E-state index contributed by atoms with van der Waals surface area (Å²) in [5, 5.41) is 7.33. The van der Waals surface area contributed by atoms with Crippen molar-refractivity contribution in [1.82, 2.24) is 15.1 Å². The van der Waals surface area contributed by atoms with E-state index in [9.17, 15) is 18.0 Å². The average molecular weight is 417 g/mol. The number of amides is 1. The largest absolute Gasteiger partial charge is 0.522 e. The Kier molecular flexibility index (Phi) is 4.56. The van der Waals surface area contributed by atoms with Crippen LogP contribution in [-0.2, 0) is 15.0 Å². The molecular weight excluding hydrogens is 391 g/mol. The Hall–Kier alpha value is -1.97. The Morgan fingerprint density at radius 1 is 1.21 bits per heavy atom. The predicted octanol–water partition coefficient (Wildman–Crippen LogP) is 3.88. The van der Waals surface area contributed by atoms with Crippen LogP contribution in [0.2, 0.25) is 0 Å². The first-order chi connectivity index (χ1) is 13.4. The predicted molar refractivity (Wildman–Crippen MR) is 95.3 cm³/mol. The minimum absolute atomic E-state index is 0.131. The Balaban J connectivity index is 1.26. The van der Waals surface area contributed by atoms with Crippen LogP contribution in [0.15, 0.2) is 12.4 Å². The van der Waals surface area contributed by atoms with Crippen LogP contribution in [0.5, 0.6) is 5.75 Å². The molecule has 10 heteroatoms. The van der Waals surface area contributed by atoms with Crippen LogP contribution in [0.4, 0.5) is 18.0 Å². The van der Waals surface area contributed by atoms with Gasteiger partial charge in [-0.2, -0.15) is 5.10 Å². The molecule has 162 valence electrons. The van der Waals surface area contributed by atoms with Gasteiger partial charge in [-0.15, -0.1) is 13.2 Å². The molecule has 2 bridgehead atoms. The number of nitrogens with zero attached hydrogens (tertiary/aromatic N) is 2. The highest BCUT2D eigenvalue weighted by molar-refractivity contribution is 5.70. The number of carbonyl (C=O) groups is 1. The molecular formula is C19H26F3N3O4. The lowest BCUT2D eigenvalue weighted by atomic mass is 9.44. The number of aromatic nitrogens is 2. The Morgan fingerprint density at radius 3 is 2.48 bits per heavy atom. The molecule has 1 amide bonds. The van der Waals surface area contributed by atoms with Gasteiger partial charge in [-0.05, 0) is 52.9 Å². The SMILES string of the molecule is CC(C)(C)OC(=O)NC12CC(n3cc(O[C@H]4CC[C@H](OC(F)(F)F)C4)cn3)(C1)C2. The van der Waals surface area contributed by atoms with Gasteiger partial charge in [0.2, 0.25) is 0 Å². The summed E-state index contributed by atoms with van der Waals surface area (Å²) in [5.41, 5.74) is -0.902. The third-order valence-corrected chi connectivity index (χ3v) is 5.75. The number of halogens is 3. The fourth-order valence-electron chi connectivity index (χ4n) is 4.75. The van der Waals surface area contributed by atoms with Crippen molar-refractivity contribution in [3.8, 4) is 5.75 Å². The Bertz CT molecular complexity index is 767. The minimum atomic E-state index is -4.61. The van der Waals surface area contributed by atoms with Crippen molar-refractivity contribution in [1.29, 1.82) is 0 Å². The highest BCUT2D eigenvalue weighted by Gasteiger charge is 2.70. The number of ether oxygens (including phenoxy) is 3. The summed E-state index contributed by atoms with van der Waals surface area (Å²) in [5.74, 6) is 0.543. The van der Waals surface area contributed by atoms with E-state index in [1.807, 2.05) is 25.5 Å². The normalized spacial score (nSPS) is 33.6. The molecule has 4 aliphatic carbocycles. The average Bonchev–Trinajstić information content (AvgIpc) is 3.08. The molecule has 1 heterocycles. The smallest absolute Gasteiger partial charge is 0.487 e. The quantitative estimate of drug-likeness (QED) is 0.787. The van der Waals surface area contributed by atoms with Crippen LogP contribution in [0, 0.1) is 0 Å². The third kappa shape index (κ3) is 4.31. The number of alkyl halides is 3. The molecule has 1 aromatic heterocycles. The second kappa shape index (κ2) is 6.52. The Labute approximate surface area is 166 Å². The molecule has 0 radical (unpaired) electrons. The molecule has 0 unspecified atom stereocenters. The standard InChI is InChI=1S/C19H26F3N3O4/c1-16(2,3)29-15(26)24-17-9-18(10-17,11-17)25-8-14(7-23-25)27-12-4-5-13(6-12)28-19(20,21)22/h7-8,12-13H,4-6,9-11H2,1-3H3,(H,24,26)/t12-,13-,17?,18?/m0/s1. The van der Waals surface area contributed by atoms with E-state index in [-0.39, 0.29) is 23.6 Å². The molecule has 4 fully saturated rings.